The van der Waals surface area contributed by atoms with E-state index in [9.17, 15) is 27.0 Å². The number of benzene rings is 1. The minimum absolute atomic E-state index is 0.301. The molecule has 2 atom stereocenters. The fourth-order valence-corrected chi connectivity index (χ4v) is 3.45. The molecule has 1 amide bonds. The van der Waals surface area contributed by atoms with Crippen LogP contribution >= 0.6 is 15.9 Å². The summed E-state index contributed by atoms with van der Waals surface area (Å²) in [7, 11) is -4.89. The number of halogens is 2. The van der Waals surface area contributed by atoms with Gasteiger partial charge in [0.1, 0.15) is 5.25 Å². The molecule has 6 nitrogen and oxygen atoms in total. The van der Waals surface area contributed by atoms with Gasteiger partial charge in [-0.3, -0.25) is 4.79 Å². The Balaban J connectivity index is 2.39. The maximum absolute atomic E-state index is 13.0. The normalized spacial score (nSPS) is 20.6. The van der Waals surface area contributed by atoms with Gasteiger partial charge in [0.2, 0.25) is 5.91 Å². The predicted octanol–water partition coefficient (Wildman–Crippen LogP) is 1.48. The van der Waals surface area contributed by atoms with E-state index in [4.69, 9.17) is 0 Å². The summed E-state index contributed by atoms with van der Waals surface area (Å²) < 4.78 is 35.3. The summed E-state index contributed by atoms with van der Waals surface area (Å²) in [5.74, 6) is -2.02. The van der Waals surface area contributed by atoms with Crippen molar-refractivity contribution >= 4 is 38.0 Å². The van der Waals surface area contributed by atoms with Crippen LogP contribution in [0.2, 0.25) is 0 Å². The highest BCUT2D eigenvalue weighted by atomic mass is 79.9. The predicted molar refractivity (Wildman–Crippen MR) is 74.7 cm³/mol. The Kier molecular flexibility index (Phi) is 4.33. The second-order valence-corrected chi connectivity index (χ2v) is 7.08. The molecule has 0 saturated carbocycles. The van der Waals surface area contributed by atoms with Crippen molar-refractivity contribution in [2.75, 3.05) is 6.54 Å². The molecule has 1 aliphatic rings. The van der Waals surface area contributed by atoms with Crippen LogP contribution in [0.4, 0.5) is 3.89 Å². The molecular formula is C12H11BrFNO5S. The van der Waals surface area contributed by atoms with E-state index in [2.05, 4.69) is 15.9 Å². The number of rotatable bonds is 4. The summed E-state index contributed by atoms with van der Waals surface area (Å²) in [5.41, 5.74) is 0.301. The minimum atomic E-state index is -4.89. The van der Waals surface area contributed by atoms with Crippen LogP contribution in [0.25, 0.3) is 0 Å². The van der Waals surface area contributed by atoms with Crippen LogP contribution in [0.5, 0.6) is 0 Å². The largest absolute Gasteiger partial charge is 0.479 e. The third-order valence-corrected chi connectivity index (χ3v) is 5.10. The van der Waals surface area contributed by atoms with Gasteiger partial charge in [-0.2, -0.15) is 8.42 Å². The third-order valence-electron chi connectivity index (χ3n) is 3.27. The molecule has 0 radical (unpaired) electrons. The van der Waals surface area contributed by atoms with Crippen molar-refractivity contribution in [2.45, 2.75) is 17.7 Å². The summed E-state index contributed by atoms with van der Waals surface area (Å²) in [4.78, 5) is 24.2. The fraction of sp³-hybridized carbons (Fsp3) is 0.333. The van der Waals surface area contributed by atoms with Crippen molar-refractivity contribution in [1.29, 1.82) is 0 Å². The zero-order valence-corrected chi connectivity index (χ0v) is 13.0. The first-order chi connectivity index (χ1) is 9.71. The van der Waals surface area contributed by atoms with Gasteiger partial charge in [0, 0.05) is 23.0 Å². The minimum Gasteiger partial charge on any atom is -0.479 e. The van der Waals surface area contributed by atoms with Crippen LogP contribution in [-0.4, -0.2) is 42.1 Å². The Hall–Kier alpha value is -1.48. The van der Waals surface area contributed by atoms with Gasteiger partial charge in [-0.25, -0.2) is 4.79 Å². The number of carbonyl (C=O) groups excluding carboxylic acids is 1. The van der Waals surface area contributed by atoms with Crippen LogP contribution in [0.3, 0.4) is 0 Å². The van der Waals surface area contributed by atoms with E-state index >= 15 is 0 Å². The van der Waals surface area contributed by atoms with Crippen LogP contribution in [-0.2, 0) is 19.8 Å². The first-order valence-electron chi connectivity index (χ1n) is 5.92. The maximum atomic E-state index is 13.0. The van der Waals surface area contributed by atoms with E-state index in [0.717, 1.165) is 4.90 Å². The number of aliphatic carboxylic acids is 1. The van der Waals surface area contributed by atoms with Crippen LogP contribution < -0.4 is 0 Å². The van der Waals surface area contributed by atoms with Gasteiger partial charge in [0.05, 0.1) is 0 Å². The summed E-state index contributed by atoms with van der Waals surface area (Å²) in [6.45, 7) is -0.476. The van der Waals surface area contributed by atoms with Crippen LogP contribution in [0.15, 0.2) is 28.7 Å². The lowest BCUT2D eigenvalue weighted by Crippen LogP contribution is -2.36. The molecule has 1 fully saturated rings. The lowest BCUT2D eigenvalue weighted by atomic mass is 10.1. The molecular weight excluding hydrogens is 369 g/mol. The second-order valence-electron chi connectivity index (χ2n) is 4.61. The SMILES string of the molecule is O=C(O)C(c1ccccc1Br)N1CC(S(=O)(=O)F)CC1=O. The van der Waals surface area contributed by atoms with Crippen molar-refractivity contribution in [1.82, 2.24) is 4.90 Å². The van der Waals surface area contributed by atoms with Crippen molar-refractivity contribution in [3.63, 3.8) is 0 Å². The topological polar surface area (TPSA) is 91.8 Å². The highest BCUT2D eigenvalue weighted by Gasteiger charge is 2.44. The average Bonchev–Trinajstić information content (AvgIpc) is 2.74. The second kappa shape index (κ2) is 5.72. The third kappa shape index (κ3) is 3.24. The number of nitrogens with zero attached hydrogens (tertiary/aromatic N) is 1. The van der Waals surface area contributed by atoms with Crippen molar-refractivity contribution < 1.29 is 27.0 Å². The first-order valence-corrected chi connectivity index (χ1v) is 8.16. The lowest BCUT2D eigenvalue weighted by molar-refractivity contribution is -0.148. The molecule has 21 heavy (non-hydrogen) atoms. The Morgan fingerprint density at radius 3 is 2.52 bits per heavy atom. The summed E-state index contributed by atoms with van der Waals surface area (Å²) in [6.07, 6.45) is -0.549. The number of carbonyl (C=O) groups is 2. The Bertz CT molecular complexity index is 693. The van der Waals surface area contributed by atoms with E-state index in [1.54, 1.807) is 18.2 Å². The molecule has 0 aliphatic carbocycles. The first kappa shape index (κ1) is 15.9. The average molecular weight is 380 g/mol. The lowest BCUT2D eigenvalue weighted by Gasteiger charge is -2.25. The number of hydrogen-bond acceptors (Lipinski definition) is 4. The van der Waals surface area contributed by atoms with E-state index in [1.807, 2.05) is 0 Å². The van der Waals surface area contributed by atoms with E-state index in [0.29, 0.717) is 10.0 Å². The standard InChI is InChI=1S/C12H11BrFNO5S/c13-9-4-2-1-3-8(9)11(12(17)18)15-6-7(5-10(15)16)21(14,19)20/h1-4,7,11H,5-6H2,(H,17,18). The Morgan fingerprint density at radius 1 is 1.43 bits per heavy atom. The number of hydrogen-bond donors (Lipinski definition) is 1. The molecule has 1 heterocycles. The molecule has 0 spiro atoms. The van der Waals surface area contributed by atoms with Gasteiger partial charge >= 0.3 is 16.2 Å². The highest BCUT2D eigenvalue weighted by Crippen LogP contribution is 2.33. The molecule has 0 aromatic heterocycles. The molecule has 9 heteroatoms. The van der Waals surface area contributed by atoms with Crippen molar-refractivity contribution in [3.8, 4) is 0 Å². The van der Waals surface area contributed by atoms with Gasteiger partial charge < -0.3 is 10.0 Å². The molecule has 1 aromatic carbocycles. The van der Waals surface area contributed by atoms with Gasteiger partial charge in [-0.1, -0.05) is 34.1 Å². The molecule has 1 saturated heterocycles. The van der Waals surface area contributed by atoms with Crippen LogP contribution in [0, 0.1) is 0 Å². The summed E-state index contributed by atoms with van der Waals surface area (Å²) >= 11 is 3.19. The molecule has 0 bridgehead atoms. The van der Waals surface area contributed by atoms with Gasteiger partial charge in [0.25, 0.3) is 0 Å². The van der Waals surface area contributed by atoms with Gasteiger partial charge in [-0.05, 0) is 6.07 Å². The number of carboxylic acids is 1. The fourth-order valence-electron chi connectivity index (χ4n) is 2.27. The molecule has 1 aromatic rings. The number of amides is 1. The van der Waals surface area contributed by atoms with Gasteiger partial charge in [-0.15, -0.1) is 3.89 Å². The molecule has 1 aliphatic heterocycles. The summed E-state index contributed by atoms with van der Waals surface area (Å²) in [5, 5.41) is 7.84. The Morgan fingerprint density at radius 2 is 2.05 bits per heavy atom. The molecule has 2 rings (SSSR count). The molecule has 114 valence electrons. The number of likely N-dealkylation sites (tertiary alicyclic amines) is 1. The highest BCUT2D eigenvalue weighted by molar-refractivity contribution is 9.10. The zero-order valence-electron chi connectivity index (χ0n) is 10.6. The smallest absolute Gasteiger partial charge is 0.331 e. The Labute approximate surface area is 128 Å². The van der Waals surface area contributed by atoms with Crippen molar-refractivity contribution in [3.05, 3.63) is 34.3 Å². The van der Waals surface area contributed by atoms with Crippen molar-refractivity contribution in [2.24, 2.45) is 0 Å². The summed E-state index contributed by atoms with van der Waals surface area (Å²) in [6, 6.07) is 5.02. The van der Waals surface area contributed by atoms with Crippen LogP contribution in [0.1, 0.15) is 18.0 Å². The monoisotopic (exact) mass is 379 g/mol. The van der Waals surface area contributed by atoms with E-state index in [1.165, 1.54) is 6.07 Å². The number of carboxylic acid groups (broad SMARTS) is 1. The maximum Gasteiger partial charge on any atom is 0.331 e. The zero-order chi connectivity index (χ0) is 15.8. The molecule has 2 unspecified atom stereocenters. The van der Waals surface area contributed by atoms with Gasteiger partial charge in [0.15, 0.2) is 6.04 Å². The van der Waals surface area contributed by atoms with E-state index in [-0.39, 0.29) is 0 Å². The molecule has 1 N–H and O–H groups in total. The van der Waals surface area contributed by atoms with E-state index < -0.39 is 46.4 Å². The quantitative estimate of drug-likeness (QED) is 0.799.